The quantitative estimate of drug-likeness (QED) is 0.477. The Morgan fingerprint density at radius 2 is 1.75 bits per heavy atom. The van der Waals surface area contributed by atoms with E-state index in [0.29, 0.717) is 12.1 Å². The normalized spacial score (nSPS) is 10.3. The molecule has 0 aromatic heterocycles. The van der Waals surface area contributed by atoms with Crippen LogP contribution in [-0.4, -0.2) is 17.4 Å². The highest BCUT2D eigenvalue weighted by atomic mass is 16.2. The second-order valence-electron chi connectivity index (χ2n) is 5.41. The van der Waals surface area contributed by atoms with Crippen molar-refractivity contribution in [3.63, 3.8) is 0 Å². The molecule has 0 aliphatic rings. The number of benzene rings is 1. The summed E-state index contributed by atoms with van der Waals surface area (Å²) in [5, 5.41) is 0. The highest BCUT2D eigenvalue weighted by molar-refractivity contribution is 5.92. The van der Waals surface area contributed by atoms with E-state index in [1.807, 2.05) is 23.1 Å². The summed E-state index contributed by atoms with van der Waals surface area (Å²) in [7, 11) is 0. The van der Waals surface area contributed by atoms with Gasteiger partial charge >= 0.3 is 0 Å². The van der Waals surface area contributed by atoms with Gasteiger partial charge in [-0.1, -0.05) is 69.5 Å². The zero-order valence-electron chi connectivity index (χ0n) is 12.9. The van der Waals surface area contributed by atoms with E-state index in [-0.39, 0.29) is 5.91 Å². The molecule has 1 aromatic rings. The summed E-state index contributed by atoms with van der Waals surface area (Å²) in [6.07, 6.45) is 6.07. The lowest BCUT2D eigenvalue weighted by molar-refractivity contribution is -0.127. The van der Waals surface area contributed by atoms with Gasteiger partial charge < -0.3 is 4.90 Å². The molecule has 20 heavy (non-hydrogen) atoms. The van der Waals surface area contributed by atoms with Crippen molar-refractivity contribution < 1.29 is 4.79 Å². The number of carbonyl (C=O) groups excluding carboxylic acids is 1. The fourth-order valence-corrected chi connectivity index (χ4v) is 2.23. The molecule has 0 saturated heterocycles. The van der Waals surface area contributed by atoms with E-state index < -0.39 is 0 Å². The number of unbranched alkanes of at least 4 members (excludes halogenated alkanes) is 4. The average molecular weight is 273 g/mol. The third kappa shape index (κ3) is 6.05. The van der Waals surface area contributed by atoms with Crippen LogP contribution in [0, 0.1) is 0 Å². The van der Waals surface area contributed by atoms with Crippen LogP contribution < -0.4 is 0 Å². The van der Waals surface area contributed by atoms with Gasteiger partial charge in [0.25, 0.3) is 0 Å². The zero-order valence-corrected chi connectivity index (χ0v) is 12.9. The summed E-state index contributed by atoms with van der Waals surface area (Å²) < 4.78 is 0. The minimum atomic E-state index is 0.0735. The van der Waals surface area contributed by atoms with Crippen LogP contribution in [0.3, 0.4) is 0 Å². The van der Waals surface area contributed by atoms with Crippen LogP contribution in [0.5, 0.6) is 0 Å². The number of hydrogen-bond donors (Lipinski definition) is 0. The van der Waals surface area contributed by atoms with E-state index in [0.717, 1.165) is 13.0 Å². The second-order valence-corrected chi connectivity index (χ2v) is 5.41. The predicted molar refractivity (Wildman–Crippen MR) is 85.4 cm³/mol. The van der Waals surface area contributed by atoms with Crippen molar-refractivity contribution in [2.45, 2.75) is 52.5 Å². The molecule has 2 nitrogen and oxygen atoms in total. The van der Waals surface area contributed by atoms with Crippen LogP contribution in [0.2, 0.25) is 0 Å². The van der Waals surface area contributed by atoms with Crippen LogP contribution in [-0.2, 0) is 11.3 Å². The molecule has 2 heteroatoms. The van der Waals surface area contributed by atoms with Crippen molar-refractivity contribution in [3.8, 4) is 0 Å². The van der Waals surface area contributed by atoms with Gasteiger partial charge in [-0.05, 0) is 18.9 Å². The van der Waals surface area contributed by atoms with Gasteiger partial charge in [-0.2, -0.15) is 0 Å². The van der Waals surface area contributed by atoms with Crippen molar-refractivity contribution in [3.05, 3.63) is 48.0 Å². The number of amides is 1. The van der Waals surface area contributed by atoms with Gasteiger partial charge in [-0.15, -0.1) is 0 Å². The van der Waals surface area contributed by atoms with Crippen molar-refractivity contribution >= 4 is 5.91 Å². The van der Waals surface area contributed by atoms with Crippen molar-refractivity contribution in [2.75, 3.05) is 6.54 Å². The molecule has 1 amide bonds. The van der Waals surface area contributed by atoms with E-state index in [1.54, 1.807) is 6.92 Å². The average Bonchev–Trinajstić information content (AvgIpc) is 2.46. The summed E-state index contributed by atoms with van der Waals surface area (Å²) in [5.41, 5.74) is 1.80. The molecule has 0 radical (unpaired) electrons. The first-order valence-electron chi connectivity index (χ1n) is 7.64. The molecule has 0 spiro atoms. The van der Waals surface area contributed by atoms with Gasteiger partial charge in [0.15, 0.2) is 0 Å². The van der Waals surface area contributed by atoms with Crippen LogP contribution in [0.25, 0.3) is 0 Å². The van der Waals surface area contributed by atoms with Gasteiger partial charge in [0.2, 0.25) is 5.91 Å². The van der Waals surface area contributed by atoms with Gasteiger partial charge in [-0.25, -0.2) is 0 Å². The first kappa shape index (κ1) is 16.5. The molecule has 0 heterocycles. The van der Waals surface area contributed by atoms with Gasteiger partial charge in [0.1, 0.15) is 0 Å². The molecule has 0 aliphatic carbocycles. The van der Waals surface area contributed by atoms with E-state index in [9.17, 15) is 4.79 Å². The first-order valence-corrected chi connectivity index (χ1v) is 7.64. The SMILES string of the molecule is C=C(C)C(=O)N(CCCCCCC)Cc1ccccc1. The van der Waals surface area contributed by atoms with Crippen LogP contribution in [0.4, 0.5) is 0 Å². The summed E-state index contributed by atoms with van der Waals surface area (Å²) in [5.74, 6) is 0.0735. The molecular weight excluding hydrogens is 246 g/mol. The topological polar surface area (TPSA) is 20.3 Å². The summed E-state index contributed by atoms with van der Waals surface area (Å²) in [6.45, 7) is 9.29. The zero-order chi connectivity index (χ0) is 14.8. The Hall–Kier alpha value is -1.57. The monoisotopic (exact) mass is 273 g/mol. The Morgan fingerprint density at radius 3 is 2.35 bits per heavy atom. The Labute approximate surface area is 123 Å². The molecule has 0 N–H and O–H groups in total. The number of carbonyl (C=O) groups is 1. The summed E-state index contributed by atoms with van der Waals surface area (Å²) in [6, 6.07) is 10.2. The lowest BCUT2D eigenvalue weighted by atomic mass is 10.1. The molecule has 0 aliphatic heterocycles. The van der Waals surface area contributed by atoms with Crippen molar-refractivity contribution in [1.82, 2.24) is 4.90 Å². The fraction of sp³-hybridized carbons (Fsp3) is 0.500. The Balaban J connectivity index is 2.52. The van der Waals surface area contributed by atoms with E-state index in [4.69, 9.17) is 0 Å². The number of rotatable bonds is 9. The Bertz CT molecular complexity index is 411. The standard InChI is InChI=1S/C18H27NO/c1-4-5-6-7-11-14-19(18(20)16(2)3)15-17-12-9-8-10-13-17/h8-10,12-13H,2,4-7,11,14-15H2,1,3H3. The predicted octanol–water partition coefficient (Wildman–Crippen LogP) is 4.56. The molecule has 1 aromatic carbocycles. The summed E-state index contributed by atoms with van der Waals surface area (Å²) in [4.78, 5) is 14.1. The highest BCUT2D eigenvalue weighted by Crippen LogP contribution is 2.11. The van der Waals surface area contributed by atoms with Gasteiger partial charge in [0, 0.05) is 18.7 Å². The number of hydrogen-bond acceptors (Lipinski definition) is 1. The lowest BCUT2D eigenvalue weighted by Gasteiger charge is -2.23. The Morgan fingerprint density at radius 1 is 1.10 bits per heavy atom. The molecule has 110 valence electrons. The lowest BCUT2D eigenvalue weighted by Crippen LogP contribution is -2.31. The molecule has 0 bridgehead atoms. The third-order valence-corrected chi connectivity index (χ3v) is 3.40. The Kier molecular flexibility index (Phi) is 7.71. The maximum absolute atomic E-state index is 12.2. The molecule has 0 fully saturated rings. The minimum absolute atomic E-state index is 0.0735. The fourth-order valence-electron chi connectivity index (χ4n) is 2.23. The van der Waals surface area contributed by atoms with Crippen molar-refractivity contribution in [2.24, 2.45) is 0 Å². The van der Waals surface area contributed by atoms with E-state index in [2.05, 4.69) is 25.6 Å². The molecule has 0 unspecified atom stereocenters. The van der Waals surface area contributed by atoms with Crippen LogP contribution in [0.15, 0.2) is 42.5 Å². The smallest absolute Gasteiger partial charge is 0.249 e. The van der Waals surface area contributed by atoms with Gasteiger partial charge in [0.05, 0.1) is 0 Å². The molecule has 0 atom stereocenters. The maximum atomic E-state index is 12.2. The summed E-state index contributed by atoms with van der Waals surface area (Å²) >= 11 is 0. The first-order chi connectivity index (χ1) is 9.65. The number of nitrogens with zero attached hydrogens (tertiary/aromatic N) is 1. The molecule has 0 saturated carbocycles. The van der Waals surface area contributed by atoms with E-state index >= 15 is 0 Å². The highest BCUT2D eigenvalue weighted by Gasteiger charge is 2.13. The largest absolute Gasteiger partial charge is 0.335 e. The molecule has 1 rings (SSSR count). The van der Waals surface area contributed by atoms with Gasteiger partial charge in [-0.3, -0.25) is 4.79 Å². The van der Waals surface area contributed by atoms with E-state index in [1.165, 1.54) is 31.2 Å². The minimum Gasteiger partial charge on any atom is -0.335 e. The third-order valence-electron chi connectivity index (χ3n) is 3.40. The maximum Gasteiger partial charge on any atom is 0.249 e. The molecular formula is C18H27NO. The second kappa shape index (κ2) is 9.35. The van der Waals surface area contributed by atoms with Crippen molar-refractivity contribution in [1.29, 1.82) is 0 Å². The van der Waals surface area contributed by atoms with Crippen LogP contribution in [0.1, 0.15) is 51.5 Å². The van der Waals surface area contributed by atoms with Crippen LogP contribution >= 0.6 is 0 Å².